The zero-order valence-electron chi connectivity index (χ0n) is 11.0. The Hall–Kier alpha value is -1.71. The molecule has 1 aliphatic heterocycles. The van der Waals surface area contributed by atoms with Gasteiger partial charge in [-0.3, -0.25) is 4.79 Å². The van der Waals surface area contributed by atoms with Gasteiger partial charge in [0.25, 0.3) is 0 Å². The van der Waals surface area contributed by atoms with Crippen LogP contribution in [-0.4, -0.2) is 38.3 Å². The monoisotopic (exact) mass is 248 g/mol. The molecule has 0 unspecified atom stereocenters. The van der Waals surface area contributed by atoms with Crippen molar-refractivity contribution in [2.45, 2.75) is 12.8 Å². The quantitative estimate of drug-likeness (QED) is 0.889. The van der Waals surface area contributed by atoms with E-state index in [1.165, 1.54) is 11.4 Å². The minimum absolute atomic E-state index is 0.173. The Bertz CT molecular complexity index is 424. The number of hydrogen-bond donors (Lipinski definition) is 1. The molecule has 0 radical (unpaired) electrons. The molecule has 0 amide bonds. The van der Waals surface area contributed by atoms with Crippen molar-refractivity contribution in [2.24, 2.45) is 5.92 Å². The third-order valence-corrected chi connectivity index (χ3v) is 3.55. The number of anilines is 2. The first-order valence-electron chi connectivity index (χ1n) is 6.33. The smallest absolute Gasteiger partial charge is 0.306 e. The van der Waals surface area contributed by atoms with Crippen LogP contribution in [0.4, 0.5) is 11.4 Å². The van der Waals surface area contributed by atoms with Crippen LogP contribution in [0.15, 0.2) is 24.3 Å². The summed E-state index contributed by atoms with van der Waals surface area (Å²) in [5, 5.41) is 9.01. The molecule has 1 aromatic rings. The third-order valence-electron chi connectivity index (χ3n) is 3.55. The van der Waals surface area contributed by atoms with Crippen LogP contribution < -0.4 is 9.80 Å². The van der Waals surface area contributed by atoms with Gasteiger partial charge in [0.05, 0.1) is 17.3 Å². The van der Waals surface area contributed by atoms with Crippen molar-refractivity contribution in [2.75, 3.05) is 37.0 Å². The summed E-state index contributed by atoms with van der Waals surface area (Å²) in [6, 6.07) is 8.27. The highest BCUT2D eigenvalue weighted by Crippen LogP contribution is 2.31. The highest BCUT2D eigenvalue weighted by atomic mass is 16.4. The van der Waals surface area contributed by atoms with E-state index in [0.717, 1.165) is 25.9 Å². The first kappa shape index (κ1) is 12.7. The Morgan fingerprint density at radius 3 is 2.44 bits per heavy atom. The zero-order valence-corrected chi connectivity index (χ0v) is 11.0. The summed E-state index contributed by atoms with van der Waals surface area (Å²) in [7, 11) is 4.06. The number of carbonyl (C=O) groups is 1. The molecule has 0 atom stereocenters. The number of piperidine rings is 1. The molecule has 1 saturated heterocycles. The molecule has 0 saturated carbocycles. The molecule has 4 heteroatoms. The largest absolute Gasteiger partial charge is 0.481 e. The van der Waals surface area contributed by atoms with E-state index in [9.17, 15) is 4.79 Å². The lowest BCUT2D eigenvalue weighted by molar-refractivity contribution is -0.142. The predicted molar refractivity (Wildman–Crippen MR) is 73.3 cm³/mol. The highest BCUT2D eigenvalue weighted by molar-refractivity contribution is 5.73. The van der Waals surface area contributed by atoms with E-state index in [-0.39, 0.29) is 5.92 Å². The molecule has 1 aromatic carbocycles. The molecule has 0 bridgehead atoms. The number of benzene rings is 1. The zero-order chi connectivity index (χ0) is 13.1. The van der Waals surface area contributed by atoms with E-state index in [0.29, 0.717) is 0 Å². The van der Waals surface area contributed by atoms with Gasteiger partial charge in [-0.25, -0.2) is 0 Å². The SMILES string of the molecule is CN(C)c1ccccc1N1CCC(C(=O)O)CC1. The minimum atomic E-state index is -0.657. The van der Waals surface area contributed by atoms with Crippen LogP contribution in [0.1, 0.15) is 12.8 Å². The summed E-state index contributed by atoms with van der Waals surface area (Å²) >= 11 is 0. The van der Waals surface area contributed by atoms with Crippen molar-refractivity contribution in [3.8, 4) is 0 Å². The lowest BCUT2D eigenvalue weighted by Gasteiger charge is -2.34. The normalized spacial score (nSPS) is 16.7. The van der Waals surface area contributed by atoms with E-state index in [2.05, 4.69) is 21.9 Å². The Balaban J connectivity index is 2.12. The van der Waals surface area contributed by atoms with Gasteiger partial charge in [0, 0.05) is 27.2 Å². The Morgan fingerprint density at radius 1 is 1.28 bits per heavy atom. The van der Waals surface area contributed by atoms with Gasteiger partial charge in [0.1, 0.15) is 0 Å². The highest BCUT2D eigenvalue weighted by Gasteiger charge is 2.25. The summed E-state index contributed by atoms with van der Waals surface area (Å²) in [5.74, 6) is -0.830. The molecule has 1 N–H and O–H groups in total. The van der Waals surface area contributed by atoms with Crippen LogP contribution >= 0.6 is 0 Å². The van der Waals surface area contributed by atoms with Crippen molar-refractivity contribution >= 4 is 17.3 Å². The maximum Gasteiger partial charge on any atom is 0.306 e. The van der Waals surface area contributed by atoms with Crippen LogP contribution in [0.5, 0.6) is 0 Å². The van der Waals surface area contributed by atoms with Crippen molar-refractivity contribution in [1.82, 2.24) is 0 Å². The average molecular weight is 248 g/mol. The van der Waals surface area contributed by atoms with Crippen LogP contribution in [0.2, 0.25) is 0 Å². The molecular formula is C14H20N2O2. The number of aliphatic carboxylic acids is 1. The van der Waals surface area contributed by atoms with E-state index in [1.807, 2.05) is 26.2 Å². The van der Waals surface area contributed by atoms with Gasteiger partial charge >= 0.3 is 5.97 Å². The molecule has 0 spiro atoms. The second kappa shape index (κ2) is 5.29. The summed E-state index contributed by atoms with van der Waals surface area (Å²) in [6.07, 6.45) is 1.47. The fourth-order valence-corrected chi connectivity index (χ4v) is 2.48. The molecule has 98 valence electrons. The second-order valence-electron chi connectivity index (χ2n) is 4.98. The number of nitrogens with zero attached hydrogens (tertiary/aromatic N) is 2. The van der Waals surface area contributed by atoms with Gasteiger partial charge in [-0.1, -0.05) is 12.1 Å². The molecule has 1 heterocycles. The van der Waals surface area contributed by atoms with Gasteiger partial charge < -0.3 is 14.9 Å². The van der Waals surface area contributed by atoms with Crippen LogP contribution in [0.3, 0.4) is 0 Å². The Labute approximate surface area is 108 Å². The van der Waals surface area contributed by atoms with Crippen LogP contribution in [-0.2, 0) is 4.79 Å². The molecule has 0 aromatic heterocycles. The molecular weight excluding hydrogens is 228 g/mol. The maximum atomic E-state index is 10.9. The molecule has 18 heavy (non-hydrogen) atoms. The Morgan fingerprint density at radius 2 is 1.89 bits per heavy atom. The summed E-state index contributed by atoms with van der Waals surface area (Å²) in [5.41, 5.74) is 2.39. The van der Waals surface area contributed by atoms with E-state index >= 15 is 0 Å². The van der Waals surface area contributed by atoms with E-state index in [1.54, 1.807) is 0 Å². The van der Waals surface area contributed by atoms with Crippen molar-refractivity contribution < 1.29 is 9.90 Å². The summed E-state index contributed by atoms with van der Waals surface area (Å²) in [4.78, 5) is 15.3. The van der Waals surface area contributed by atoms with E-state index < -0.39 is 5.97 Å². The summed E-state index contributed by atoms with van der Waals surface area (Å²) in [6.45, 7) is 1.64. The van der Waals surface area contributed by atoms with Gasteiger partial charge in [-0.2, -0.15) is 0 Å². The molecule has 0 aliphatic carbocycles. The average Bonchev–Trinajstić information content (AvgIpc) is 2.39. The lowest BCUT2D eigenvalue weighted by atomic mass is 9.96. The second-order valence-corrected chi connectivity index (χ2v) is 4.98. The molecule has 4 nitrogen and oxygen atoms in total. The van der Waals surface area contributed by atoms with Crippen LogP contribution in [0.25, 0.3) is 0 Å². The Kier molecular flexibility index (Phi) is 3.75. The fraction of sp³-hybridized carbons (Fsp3) is 0.500. The number of para-hydroxylation sites is 2. The topological polar surface area (TPSA) is 43.8 Å². The first-order valence-corrected chi connectivity index (χ1v) is 6.33. The van der Waals surface area contributed by atoms with Gasteiger partial charge in [-0.05, 0) is 25.0 Å². The van der Waals surface area contributed by atoms with Gasteiger partial charge in [0.2, 0.25) is 0 Å². The van der Waals surface area contributed by atoms with Crippen molar-refractivity contribution in [3.63, 3.8) is 0 Å². The van der Waals surface area contributed by atoms with Gasteiger partial charge in [-0.15, -0.1) is 0 Å². The first-order chi connectivity index (χ1) is 8.59. The molecule has 2 rings (SSSR count). The number of carboxylic acids is 1. The summed E-state index contributed by atoms with van der Waals surface area (Å²) < 4.78 is 0. The number of carboxylic acid groups (broad SMARTS) is 1. The third kappa shape index (κ3) is 2.58. The minimum Gasteiger partial charge on any atom is -0.481 e. The maximum absolute atomic E-state index is 10.9. The number of rotatable bonds is 3. The molecule has 1 aliphatic rings. The van der Waals surface area contributed by atoms with Crippen molar-refractivity contribution in [3.05, 3.63) is 24.3 Å². The fourth-order valence-electron chi connectivity index (χ4n) is 2.48. The van der Waals surface area contributed by atoms with Crippen LogP contribution in [0, 0.1) is 5.92 Å². The van der Waals surface area contributed by atoms with Gasteiger partial charge in [0.15, 0.2) is 0 Å². The standard InChI is InChI=1S/C14H20N2O2/c1-15(2)12-5-3-4-6-13(12)16-9-7-11(8-10-16)14(17)18/h3-6,11H,7-10H2,1-2H3,(H,17,18). The molecule has 1 fully saturated rings. The predicted octanol–water partition coefficient (Wildman–Crippen LogP) is 2.05. The number of hydrogen-bond acceptors (Lipinski definition) is 3. The lowest BCUT2D eigenvalue weighted by Crippen LogP contribution is -2.37. The van der Waals surface area contributed by atoms with Crippen molar-refractivity contribution in [1.29, 1.82) is 0 Å². The van der Waals surface area contributed by atoms with E-state index in [4.69, 9.17) is 5.11 Å².